The van der Waals surface area contributed by atoms with Crippen molar-refractivity contribution in [2.45, 2.75) is 24.0 Å². The van der Waals surface area contributed by atoms with E-state index in [0.29, 0.717) is 0 Å². The van der Waals surface area contributed by atoms with Crippen LogP contribution < -0.4 is 9.20 Å². The van der Waals surface area contributed by atoms with Gasteiger partial charge in [0.2, 0.25) is 0 Å². The third kappa shape index (κ3) is 2.60. The minimum absolute atomic E-state index is 0.0209. The number of nitrogens with zero attached hydrogens (tertiary/aromatic N) is 4. The molecule has 0 unspecified atom stereocenters. The standard InChI is InChI=1S/C17H14N4O6Se/c1-16(2)11-5-3-4-6-14(11)28-17(21(16)26)9-18-12-7-10(19(22)23)8-13(20(24)25)15(12)27-17/h3-9,26H,1-2H3/t17-/m1/s1. The van der Waals surface area contributed by atoms with Crippen molar-refractivity contribution in [3.05, 3.63) is 62.2 Å². The van der Waals surface area contributed by atoms with E-state index in [4.69, 9.17) is 4.74 Å². The maximum atomic E-state index is 11.5. The molecule has 0 saturated carbocycles. The van der Waals surface area contributed by atoms with E-state index in [9.17, 15) is 25.4 Å². The van der Waals surface area contributed by atoms with Crippen molar-refractivity contribution in [3.63, 3.8) is 0 Å². The molecule has 1 atom stereocenters. The summed E-state index contributed by atoms with van der Waals surface area (Å²) < 4.78 is 5.53. The van der Waals surface area contributed by atoms with Gasteiger partial charge in [-0.15, -0.1) is 0 Å². The van der Waals surface area contributed by atoms with Crippen LogP contribution in [0.4, 0.5) is 17.1 Å². The van der Waals surface area contributed by atoms with Crippen LogP contribution in [0, 0.1) is 20.2 Å². The predicted molar refractivity (Wildman–Crippen MR) is 99.7 cm³/mol. The van der Waals surface area contributed by atoms with E-state index in [1.165, 1.54) is 6.21 Å². The van der Waals surface area contributed by atoms with E-state index < -0.39 is 46.3 Å². The number of hydrogen-bond acceptors (Lipinski definition) is 8. The zero-order valence-corrected chi connectivity index (χ0v) is 16.4. The summed E-state index contributed by atoms with van der Waals surface area (Å²) in [5.74, 6) is -0.200. The van der Waals surface area contributed by atoms with E-state index >= 15 is 0 Å². The Morgan fingerprint density at radius 3 is 2.57 bits per heavy atom. The van der Waals surface area contributed by atoms with Gasteiger partial charge in [0.15, 0.2) is 0 Å². The van der Waals surface area contributed by atoms with Gasteiger partial charge in [-0.25, -0.2) is 0 Å². The van der Waals surface area contributed by atoms with Gasteiger partial charge in [0.05, 0.1) is 0 Å². The number of rotatable bonds is 2. The summed E-state index contributed by atoms with van der Waals surface area (Å²) in [6, 6.07) is 9.52. The molecule has 2 aliphatic rings. The Balaban J connectivity index is 1.88. The number of fused-ring (bicyclic) bond motifs is 2. The topological polar surface area (TPSA) is 131 Å². The molecule has 2 heterocycles. The first-order chi connectivity index (χ1) is 13.2. The van der Waals surface area contributed by atoms with Crippen LogP contribution in [0.15, 0.2) is 41.4 Å². The van der Waals surface area contributed by atoms with Crippen molar-refractivity contribution in [1.29, 1.82) is 0 Å². The second-order valence-electron chi connectivity index (χ2n) is 6.79. The van der Waals surface area contributed by atoms with Gasteiger partial charge in [-0.1, -0.05) is 0 Å². The third-order valence-electron chi connectivity index (χ3n) is 4.68. The molecule has 2 aromatic carbocycles. The van der Waals surface area contributed by atoms with Crippen LogP contribution in [-0.4, -0.2) is 45.9 Å². The maximum absolute atomic E-state index is 11.5. The molecule has 2 aromatic rings. The first-order valence-electron chi connectivity index (χ1n) is 8.14. The summed E-state index contributed by atoms with van der Waals surface area (Å²) in [7, 11) is 0. The van der Waals surface area contributed by atoms with Crippen molar-refractivity contribution < 1.29 is 19.8 Å². The minimum atomic E-state index is -1.42. The van der Waals surface area contributed by atoms with Crippen LogP contribution in [0.25, 0.3) is 0 Å². The normalized spacial score (nSPS) is 22.2. The Morgan fingerprint density at radius 2 is 1.89 bits per heavy atom. The van der Waals surface area contributed by atoms with Gasteiger partial charge in [0, 0.05) is 0 Å². The Morgan fingerprint density at radius 1 is 1.18 bits per heavy atom. The van der Waals surface area contributed by atoms with Crippen molar-refractivity contribution in [2.24, 2.45) is 4.99 Å². The molecular formula is C17H14N4O6Se. The monoisotopic (exact) mass is 450 g/mol. The van der Waals surface area contributed by atoms with Crippen LogP contribution in [0.1, 0.15) is 19.4 Å². The summed E-state index contributed by atoms with van der Waals surface area (Å²) in [6.07, 6.45) is 1.36. The van der Waals surface area contributed by atoms with Gasteiger partial charge in [0.25, 0.3) is 0 Å². The number of ether oxygens (including phenoxy) is 1. The fourth-order valence-corrected chi connectivity index (χ4v) is 6.27. The summed E-state index contributed by atoms with van der Waals surface area (Å²) in [5.41, 5.74) is -0.976. The molecule has 0 fully saturated rings. The molecule has 10 nitrogen and oxygen atoms in total. The Labute approximate surface area is 164 Å². The van der Waals surface area contributed by atoms with Crippen molar-refractivity contribution in [2.75, 3.05) is 0 Å². The molecule has 28 heavy (non-hydrogen) atoms. The van der Waals surface area contributed by atoms with E-state index in [-0.39, 0.29) is 11.4 Å². The molecule has 0 aliphatic carbocycles. The molecule has 0 radical (unpaired) electrons. The first-order valence-corrected chi connectivity index (χ1v) is 9.86. The van der Waals surface area contributed by atoms with Gasteiger partial charge < -0.3 is 0 Å². The Kier molecular flexibility index (Phi) is 4.02. The van der Waals surface area contributed by atoms with Gasteiger partial charge >= 0.3 is 164 Å². The summed E-state index contributed by atoms with van der Waals surface area (Å²) in [4.78, 5) is 25.3. The summed E-state index contributed by atoms with van der Waals surface area (Å²) >= 11 is -0.509. The Bertz CT molecular complexity index is 1060. The molecule has 0 bridgehead atoms. The number of aliphatic imine (C=N–C) groups is 1. The molecule has 144 valence electrons. The molecule has 0 amide bonds. The molecule has 0 aromatic heterocycles. The number of hydrogen-bond donors (Lipinski definition) is 1. The van der Waals surface area contributed by atoms with E-state index in [0.717, 1.165) is 27.2 Å². The average molecular weight is 449 g/mol. The molecule has 1 N–H and O–H groups in total. The molecule has 0 saturated heterocycles. The van der Waals surface area contributed by atoms with Crippen molar-refractivity contribution in [3.8, 4) is 5.75 Å². The molecule has 2 aliphatic heterocycles. The number of nitro benzene ring substituents is 2. The molecule has 11 heteroatoms. The van der Waals surface area contributed by atoms with Gasteiger partial charge in [0.1, 0.15) is 0 Å². The van der Waals surface area contributed by atoms with Crippen LogP contribution in [0.5, 0.6) is 5.75 Å². The first kappa shape index (κ1) is 18.5. The third-order valence-corrected chi connectivity index (χ3v) is 7.26. The average Bonchev–Trinajstić information content (AvgIpc) is 2.65. The van der Waals surface area contributed by atoms with Crippen LogP contribution in [0.3, 0.4) is 0 Å². The van der Waals surface area contributed by atoms with E-state index in [1.54, 1.807) is 13.8 Å². The molecule has 4 rings (SSSR count). The van der Waals surface area contributed by atoms with Crippen LogP contribution in [0.2, 0.25) is 0 Å². The predicted octanol–water partition coefficient (Wildman–Crippen LogP) is 2.22. The second kappa shape index (κ2) is 6.08. The van der Waals surface area contributed by atoms with Crippen LogP contribution >= 0.6 is 0 Å². The van der Waals surface area contributed by atoms with Crippen molar-refractivity contribution >= 4 is 42.7 Å². The quantitative estimate of drug-likeness (QED) is 0.423. The van der Waals surface area contributed by atoms with Crippen LogP contribution in [-0.2, 0) is 5.54 Å². The summed E-state index contributed by atoms with van der Waals surface area (Å²) in [6.45, 7) is 3.61. The van der Waals surface area contributed by atoms with Gasteiger partial charge in [-0.05, 0) is 0 Å². The molecular weight excluding hydrogens is 435 g/mol. The van der Waals surface area contributed by atoms with E-state index in [2.05, 4.69) is 4.99 Å². The number of benzene rings is 2. The second-order valence-corrected chi connectivity index (χ2v) is 9.37. The van der Waals surface area contributed by atoms with Gasteiger partial charge in [-0.2, -0.15) is 0 Å². The van der Waals surface area contributed by atoms with E-state index in [1.807, 2.05) is 24.3 Å². The fraction of sp³-hybridized carbons (Fsp3) is 0.235. The Hall–Kier alpha value is -2.85. The number of non-ortho nitro benzene ring substituents is 1. The zero-order valence-electron chi connectivity index (χ0n) is 14.7. The van der Waals surface area contributed by atoms with Gasteiger partial charge in [-0.3, -0.25) is 0 Å². The molecule has 1 spiro atoms. The number of nitro groups is 2. The number of hydroxylamine groups is 2. The SMILES string of the molecule is CC1(C)c2ccccc2[Se][C@]2(C=Nc3cc([N+](=O)[O-])cc([N+](=O)[O-])c3O2)N1O. The summed E-state index contributed by atoms with van der Waals surface area (Å²) in [5, 5.41) is 34.6. The van der Waals surface area contributed by atoms with Crippen molar-refractivity contribution in [1.82, 2.24) is 5.06 Å². The zero-order chi connectivity index (χ0) is 20.3. The fourth-order valence-electron chi connectivity index (χ4n) is 3.26.